The lowest BCUT2D eigenvalue weighted by molar-refractivity contribution is -0.00285. The summed E-state index contributed by atoms with van der Waals surface area (Å²) in [6.45, 7) is 14.7. The average molecular weight is 361 g/mol. The maximum absolute atomic E-state index is 5.58. The van der Waals surface area contributed by atoms with Crippen LogP contribution < -0.4 is 0 Å². The summed E-state index contributed by atoms with van der Waals surface area (Å²) in [7, 11) is 0. The van der Waals surface area contributed by atoms with Crippen molar-refractivity contribution >= 4 is 0 Å². The van der Waals surface area contributed by atoms with Gasteiger partial charge in [0.25, 0.3) is 0 Å². The normalized spacial score (nSPS) is 13.9. The molecule has 0 rings (SSSR count). The first kappa shape index (κ1) is 24.8. The second kappa shape index (κ2) is 20.2. The molecule has 0 heterocycles. The first-order chi connectivity index (χ1) is 12.2. The SMILES string of the molecule is CCCC(C)CCCOCCOCCOCCOCCCC(C)CC. The van der Waals surface area contributed by atoms with Crippen molar-refractivity contribution in [2.24, 2.45) is 11.8 Å². The lowest BCUT2D eigenvalue weighted by atomic mass is 10.0. The van der Waals surface area contributed by atoms with Gasteiger partial charge >= 0.3 is 0 Å². The molecule has 2 unspecified atom stereocenters. The van der Waals surface area contributed by atoms with E-state index in [1.54, 1.807) is 0 Å². The van der Waals surface area contributed by atoms with Crippen LogP contribution in [-0.4, -0.2) is 52.9 Å². The maximum atomic E-state index is 5.58. The van der Waals surface area contributed by atoms with Crippen molar-refractivity contribution in [3.05, 3.63) is 0 Å². The summed E-state index contributed by atoms with van der Waals surface area (Å²) in [4.78, 5) is 0. The van der Waals surface area contributed by atoms with Crippen molar-refractivity contribution in [3.63, 3.8) is 0 Å². The summed E-state index contributed by atoms with van der Waals surface area (Å²) in [5.41, 5.74) is 0. The predicted octanol–water partition coefficient (Wildman–Crippen LogP) is 5.10. The zero-order valence-corrected chi connectivity index (χ0v) is 17.4. The van der Waals surface area contributed by atoms with Crippen molar-refractivity contribution in [1.82, 2.24) is 0 Å². The topological polar surface area (TPSA) is 36.9 Å². The zero-order chi connectivity index (χ0) is 18.6. The van der Waals surface area contributed by atoms with Crippen LogP contribution in [0.5, 0.6) is 0 Å². The summed E-state index contributed by atoms with van der Waals surface area (Å²) in [5, 5.41) is 0. The van der Waals surface area contributed by atoms with Crippen LogP contribution in [0.25, 0.3) is 0 Å². The van der Waals surface area contributed by atoms with Crippen LogP contribution in [0.4, 0.5) is 0 Å². The van der Waals surface area contributed by atoms with Gasteiger partial charge < -0.3 is 18.9 Å². The Hall–Kier alpha value is -0.160. The fourth-order valence-electron chi connectivity index (χ4n) is 2.67. The molecular formula is C21H44O4. The van der Waals surface area contributed by atoms with Crippen molar-refractivity contribution in [2.75, 3.05) is 52.9 Å². The van der Waals surface area contributed by atoms with Gasteiger partial charge in [0.15, 0.2) is 0 Å². The number of hydrogen-bond acceptors (Lipinski definition) is 4. The van der Waals surface area contributed by atoms with E-state index in [0.29, 0.717) is 39.6 Å². The molecule has 0 aromatic rings. The summed E-state index contributed by atoms with van der Waals surface area (Å²) >= 11 is 0. The van der Waals surface area contributed by atoms with Crippen LogP contribution in [0.1, 0.15) is 72.6 Å². The Morgan fingerprint density at radius 3 is 1.32 bits per heavy atom. The van der Waals surface area contributed by atoms with Gasteiger partial charge in [-0.15, -0.1) is 0 Å². The summed E-state index contributed by atoms with van der Waals surface area (Å²) in [5.74, 6) is 1.64. The highest BCUT2D eigenvalue weighted by Crippen LogP contribution is 2.11. The molecule has 4 heteroatoms. The molecular weight excluding hydrogens is 316 g/mol. The van der Waals surface area contributed by atoms with Crippen molar-refractivity contribution < 1.29 is 18.9 Å². The molecule has 0 bridgehead atoms. The van der Waals surface area contributed by atoms with Gasteiger partial charge in [-0.3, -0.25) is 0 Å². The third-order valence-electron chi connectivity index (χ3n) is 4.57. The van der Waals surface area contributed by atoms with Crippen LogP contribution >= 0.6 is 0 Å². The molecule has 0 aliphatic carbocycles. The van der Waals surface area contributed by atoms with E-state index in [9.17, 15) is 0 Å². The van der Waals surface area contributed by atoms with Crippen molar-refractivity contribution in [1.29, 1.82) is 0 Å². The Kier molecular flexibility index (Phi) is 20.0. The van der Waals surface area contributed by atoms with Gasteiger partial charge in [0.1, 0.15) is 0 Å². The molecule has 2 atom stereocenters. The highest BCUT2D eigenvalue weighted by Gasteiger charge is 2.00. The molecule has 0 aliphatic heterocycles. The van der Waals surface area contributed by atoms with Crippen molar-refractivity contribution in [2.45, 2.75) is 72.6 Å². The molecule has 0 fully saturated rings. The molecule has 0 saturated carbocycles. The van der Waals surface area contributed by atoms with Gasteiger partial charge in [0, 0.05) is 13.2 Å². The first-order valence-electron chi connectivity index (χ1n) is 10.5. The fourth-order valence-corrected chi connectivity index (χ4v) is 2.67. The van der Waals surface area contributed by atoms with Crippen LogP contribution in [0.15, 0.2) is 0 Å². The third-order valence-corrected chi connectivity index (χ3v) is 4.57. The standard InChI is InChI=1S/C21H44O4/c1-5-9-21(4)11-8-13-23-15-17-25-19-18-24-16-14-22-12-7-10-20(3)6-2/h20-21H,5-19H2,1-4H3. The minimum Gasteiger partial charge on any atom is -0.379 e. The van der Waals surface area contributed by atoms with E-state index < -0.39 is 0 Å². The predicted molar refractivity (Wildman–Crippen MR) is 105 cm³/mol. The van der Waals surface area contributed by atoms with E-state index >= 15 is 0 Å². The molecule has 4 nitrogen and oxygen atoms in total. The molecule has 0 saturated heterocycles. The van der Waals surface area contributed by atoms with Crippen LogP contribution in [0.2, 0.25) is 0 Å². The highest BCUT2D eigenvalue weighted by atomic mass is 16.6. The molecule has 0 amide bonds. The number of rotatable bonds is 20. The monoisotopic (exact) mass is 360 g/mol. The first-order valence-corrected chi connectivity index (χ1v) is 10.5. The lowest BCUT2D eigenvalue weighted by Crippen LogP contribution is -2.12. The summed E-state index contributed by atoms with van der Waals surface area (Å²) in [6.07, 6.45) is 8.69. The van der Waals surface area contributed by atoms with Gasteiger partial charge in [-0.1, -0.05) is 47.0 Å². The van der Waals surface area contributed by atoms with Crippen LogP contribution in [0.3, 0.4) is 0 Å². The van der Waals surface area contributed by atoms with E-state index in [4.69, 9.17) is 18.9 Å². The van der Waals surface area contributed by atoms with E-state index in [0.717, 1.165) is 37.9 Å². The highest BCUT2D eigenvalue weighted by molar-refractivity contribution is 4.52. The quantitative estimate of drug-likeness (QED) is 0.283. The number of ether oxygens (including phenoxy) is 4. The Morgan fingerprint density at radius 2 is 0.920 bits per heavy atom. The second-order valence-electron chi connectivity index (χ2n) is 7.14. The molecule has 0 aliphatic rings. The second-order valence-corrected chi connectivity index (χ2v) is 7.14. The fraction of sp³-hybridized carbons (Fsp3) is 1.00. The molecule has 152 valence electrons. The Bertz CT molecular complexity index is 248. The van der Waals surface area contributed by atoms with Crippen molar-refractivity contribution in [3.8, 4) is 0 Å². The third kappa shape index (κ3) is 20.0. The molecule has 0 N–H and O–H groups in total. The summed E-state index contributed by atoms with van der Waals surface area (Å²) in [6, 6.07) is 0. The smallest absolute Gasteiger partial charge is 0.0701 e. The largest absolute Gasteiger partial charge is 0.379 e. The Labute approximate surface area is 156 Å². The minimum absolute atomic E-state index is 0.630. The Morgan fingerprint density at radius 1 is 0.520 bits per heavy atom. The van der Waals surface area contributed by atoms with Gasteiger partial charge in [0.2, 0.25) is 0 Å². The van der Waals surface area contributed by atoms with E-state index in [1.807, 2.05) is 0 Å². The van der Waals surface area contributed by atoms with Gasteiger partial charge in [-0.05, 0) is 37.5 Å². The molecule has 0 radical (unpaired) electrons. The molecule has 0 spiro atoms. The summed E-state index contributed by atoms with van der Waals surface area (Å²) < 4.78 is 22.1. The maximum Gasteiger partial charge on any atom is 0.0701 e. The lowest BCUT2D eigenvalue weighted by Gasteiger charge is -2.10. The van der Waals surface area contributed by atoms with Crippen LogP contribution in [0, 0.1) is 11.8 Å². The van der Waals surface area contributed by atoms with Gasteiger partial charge in [-0.25, -0.2) is 0 Å². The zero-order valence-electron chi connectivity index (χ0n) is 17.4. The van der Waals surface area contributed by atoms with E-state index in [-0.39, 0.29) is 0 Å². The molecule has 0 aromatic carbocycles. The van der Waals surface area contributed by atoms with Gasteiger partial charge in [0.05, 0.1) is 39.6 Å². The van der Waals surface area contributed by atoms with E-state index in [2.05, 4.69) is 27.7 Å². The van der Waals surface area contributed by atoms with E-state index in [1.165, 1.54) is 32.1 Å². The van der Waals surface area contributed by atoms with Crippen LogP contribution in [-0.2, 0) is 18.9 Å². The average Bonchev–Trinajstić information content (AvgIpc) is 2.61. The minimum atomic E-state index is 0.630. The Balaban J connectivity index is 3.05. The number of hydrogen-bond donors (Lipinski definition) is 0. The van der Waals surface area contributed by atoms with Gasteiger partial charge in [-0.2, -0.15) is 0 Å². The molecule has 0 aromatic heterocycles. The molecule has 25 heavy (non-hydrogen) atoms.